The summed E-state index contributed by atoms with van der Waals surface area (Å²) in [6, 6.07) is 10.0. The molecule has 9 heteroatoms. The molecule has 2 aromatic carbocycles. The van der Waals surface area contributed by atoms with Crippen molar-refractivity contribution in [3.8, 4) is 22.5 Å². The zero-order valence-electron chi connectivity index (χ0n) is 16.7. The van der Waals surface area contributed by atoms with Crippen LogP contribution in [-0.2, 0) is 13.2 Å². The Balaban J connectivity index is 0.000000176. The van der Waals surface area contributed by atoms with E-state index in [0.717, 1.165) is 6.07 Å². The molecule has 162 valence electrons. The molecule has 0 radical (unpaired) electrons. The van der Waals surface area contributed by atoms with Crippen LogP contribution in [0.15, 0.2) is 51.5 Å². The zero-order chi connectivity index (χ0) is 22.5. The summed E-state index contributed by atoms with van der Waals surface area (Å²) in [5, 5.41) is 25.6. The van der Waals surface area contributed by atoms with Gasteiger partial charge >= 0.3 is 0 Å². The summed E-state index contributed by atoms with van der Waals surface area (Å²) >= 11 is 0. The van der Waals surface area contributed by atoms with Gasteiger partial charge < -0.3 is 19.3 Å². The lowest BCUT2D eigenvalue weighted by molar-refractivity contribution is 0.278. The second-order valence-corrected chi connectivity index (χ2v) is 6.53. The van der Waals surface area contributed by atoms with Gasteiger partial charge in [0.2, 0.25) is 0 Å². The summed E-state index contributed by atoms with van der Waals surface area (Å²) in [5.41, 5.74) is 1.73. The molecule has 2 aromatic heterocycles. The second-order valence-electron chi connectivity index (χ2n) is 6.53. The number of benzene rings is 2. The Morgan fingerprint density at radius 1 is 0.710 bits per heavy atom. The first-order valence-electron chi connectivity index (χ1n) is 9.20. The van der Waals surface area contributed by atoms with Gasteiger partial charge in [-0.15, -0.1) is 0 Å². The van der Waals surface area contributed by atoms with Crippen molar-refractivity contribution >= 4 is 0 Å². The lowest BCUT2D eigenvalue weighted by atomic mass is 10.1. The fraction of sp³-hybridized carbons (Fsp3) is 0.182. The van der Waals surface area contributed by atoms with E-state index in [4.69, 9.17) is 19.3 Å². The first kappa shape index (κ1) is 22.3. The molecule has 4 rings (SSSR count). The molecule has 0 aliphatic carbocycles. The third-order valence-corrected chi connectivity index (χ3v) is 4.62. The number of hydrogen-bond donors (Lipinski definition) is 2. The third-order valence-electron chi connectivity index (χ3n) is 4.62. The molecular weight excluding hydrogens is 413 g/mol. The van der Waals surface area contributed by atoms with E-state index in [1.54, 1.807) is 32.0 Å². The van der Waals surface area contributed by atoms with E-state index < -0.39 is 11.6 Å². The predicted molar refractivity (Wildman–Crippen MR) is 105 cm³/mol. The predicted octanol–water partition coefficient (Wildman–Crippen LogP) is 4.70. The monoisotopic (exact) mass is 432 g/mol. The molecule has 31 heavy (non-hydrogen) atoms. The highest BCUT2D eigenvalue weighted by atomic mass is 19.2. The van der Waals surface area contributed by atoms with E-state index in [2.05, 4.69) is 10.3 Å². The Labute approximate surface area is 175 Å². The van der Waals surface area contributed by atoms with E-state index in [9.17, 15) is 13.2 Å². The molecule has 0 saturated carbocycles. The molecule has 0 bridgehead atoms. The van der Waals surface area contributed by atoms with Crippen LogP contribution >= 0.6 is 0 Å². The minimum Gasteiger partial charge on any atom is -0.391 e. The van der Waals surface area contributed by atoms with Crippen molar-refractivity contribution in [1.82, 2.24) is 10.3 Å². The quantitative estimate of drug-likeness (QED) is 0.486. The Hall–Kier alpha value is -3.43. The maximum atomic E-state index is 13.5. The molecule has 0 aliphatic heterocycles. The topological polar surface area (TPSA) is 92.5 Å². The number of hydrogen-bond acceptors (Lipinski definition) is 6. The van der Waals surface area contributed by atoms with Gasteiger partial charge in [-0.1, -0.05) is 28.5 Å². The Kier molecular flexibility index (Phi) is 6.88. The first-order chi connectivity index (χ1) is 14.9. The average molecular weight is 432 g/mol. The van der Waals surface area contributed by atoms with E-state index in [1.807, 2.05) is 0 Å². The maximum absolute atomic E-state index is 13.5. The fourth-order valence-corrected chi connectivity index (χ4v) is 2.92. The summed E-state index contributed by atoms with van der Waals surface area (Å²) in [5.74, 6) is -1.43. The van der Waals surface area contributed by atoms with Gasteiger partial charge in [0.05, 0.1) is 13.2 Å². The molecule has 0 fully saturated rings. The van der Waals surface area contributed by atoms with Crippen LogP contribution in [0, 0.1) is 31.3 Å². The van der Waals surface area contributed by atoms with Gasteiger partial charge in [-0.05, 0) is 38.1 Å². The van der Waals surface area contributed by atoms with Crippen LogP contribution in [0.2, 0.25) is 0 Å². The van der Waals surface area contributed by atoms with Crippen LogP contribution in [0.5, 0.6) is 0 Å². The van der Waals surface area contributed by atoms with Crippen LogP contribution in [0.4, 0.5) is 13.2 Å². The van der Waals surface area contributed by atoms with Crippen molar-refractivity contribution < 1.29 is 32.4 Å². The molecular formula is C22H19F3N2O4. The fourth-order valence-electron chi connectivity index (χ4n) is 2.92. The Morgan fingerprint density at radius 2 is 1.19 bits per heavy atom. The minimum atomic E-state index is -0.995. The first-order valence-corrected chi connectivity index (χ1v) is 9.20. The highest BCUT2D eigenvalue weighted by Gasteiger charge is 2.19. The molecule has 0 unspecified atom stereocenters. The normalized spacial score (nSPS) is 10.7. The molecule has 6 nitrogen and oxygen atoms in total. The van der Waals surface area contributed by atoms with Gasteiger partial charge in [0.25, 0.3) is 0 Å². The summed E-state index contributed by atoms with van der Waals surface area (Å²) in [6.45, 7) is 2.74. The molecule has 0 spiro atoms. The van der Waals surface area contributed by atoms with Gasteiger partial charge in [0, 0.05) is 22.3 Å². The summed E-state index contributed by atoms with van der Waals surface area (Å²) in [6.07, 6.45) is 0. The van der Waals surface area contributed by atoms with Crippen molar-refractivity contribution in [3.05, 3.63) is 82.6 Å². The molecule has 0 aliphatic rings. The van der Waals surface area contributed by atoms with Crippen molar-refractivity contribution in [3.63, 3.8) is 0 Å². The third kappa shape index (κ3) is 4.52. The number of halogens is 3. The van der Waals surface area contributed by atoms with Crippen LogP contribution < -0.4 is 0 Å². The lowest BCUT2D eigenvalue weighted by Gasteiger charge is -2.01. The van der Waals surface area contributed by atoms with Crippen LogP contribution in [-0.4, -0.2) is 20.5 Å². The van der Waals surface area contributed by atoms with Crippen molar-refractivity contribution in [2.24, 2.45) is 0 Å². The van der Waals surface area contributed by atoms with Crippen molar-refractivity contribution in [1.29, 1.82) is 0 Å². The van der Waals surface area contributed by atoms with Crippen molar-refractivity contribution in [2.45, 2.75) is 27.1 Å². The highest BCUT2D eigenvalue weighted by Crippen LogP contribution is 2.29. The summed E-state index contributed by atoms with van der Waals surface area (Å²) < 4.78 is 49.7. The van der Waals surface area contributed by atoms with E-state index in [-0.39, 0.29) is 30.3 Å². The molecule has 4 aromatic rings. The molecule has 0 amide bonds. The lowest BCUT2D eigenvalue weighted by Crippen LogP contribution is -1.93. The van der Waals surface area contributed by atoms with E-state index in [0.29, 0.717) is 33.9 Å². The molecule has 2 heterocycles. The molecule has 0 atom stereocenters. The second kappa shape index (κ2) is 9.59. The maximum Gasteiger partial charge on any atom is 0.168 e. The number of aliphatic hydroxyl groups is 2. The number of nitrogens with zero attached hydrogens (tertiary/aromatic N) is 2. The van der Waals surface area contributed by atoms with Gasteiger partial charge in [-0.25, -0.2) is 13.2 Å². The van der Waals surface area contributed by atoms with Gasteiger partial charge in [-0.2, -0.15) is 0 Å². The number of aromatic nitrogens is 2. The average Bonchev–Trinajstić information content (AvgIpc) is 3.32. The van der Waals surface area contributed by atoms with Crippen LogP contribution in [0.1, 0.15) is 22.6 Å². The summed E-state index contributed by atoms with van der Waals surface area (Å²) in [7, 11) is 0. The molecule has 2 N–H and O–H groups in total. The Bertz CT molecular complexity index is 1190. The zero-order valence-corrected chi connectivity index (χ0v) is 16.7. The van der Waals surface area contributed by atoms with Gasteiger partial charge in [0.1, 0.15) is 28.7 Å². The van der Waals surface area contributed by atoms with Crippen LogP contribution in [0.25, 0.3) is 22.5 Å². The van der Waals surface area contributed by atoms with Gasteiger partial charge in [0.15, 0.2) is 11.6 Å². The number of rotatable bonds is 4. The smallest absolute Gasteiger partial charge is 0.168 e. The largest absolute Gasteiger partial charge is 0.391 e. The summed E-state index contributed by atoms with van der Waals surface area (Å²) in [4.78, 5) is 0. The number of aliphatic hydroxyl groups excluding tert-OH is 2. The van der Waals surface area contributed by atoms with Crippen molar-refractivity contribution in [2.75, 3.05) is 0 Å². The Morgan fingerprint density at radius 3 is 1.74 bits per heavy atom. The number of aryl methyl sites for hydroxylation is 2. The SMILES string of the molecule is Cc1onc(-c2cccc(F)c2F)c1CO.Cc1onc(-c2ccccc2F)c1CO. The standard InChI is InChI=1S/C11H9F2NO2.C11H10FNO2/c1-6-8(5-15)11(14-16-6)7-3-2-4-9(12)10(7)13;1-7-9(6-14)11(13-15-7)8-4-2-3-5-10(8)12/h2-4,15H,5H2,1H3;2-5,14H,6H2,1H3. The minimum absolute atomic E-state index is 0.0131. The van der Waals surface area contributed by atoms with E-state index in [1.165, 1.54) is 18.2 Å². The van der Waals surface area contributed by atoms with Gasteiger partial charge in [-0.3, -0.25) is 0 Å². The van der Waals surface area contributed by atoms with E-state index >= 15 is 0 Å². The highest BCUT2D eigenvalue weighted by molar-refractivity contribution is 5.64. The van der Waals surface area contributed by atoms with Crippen LogP contribution in [0.3, 0.4) is 0 Å². The molecule has 0 saturated heterocycles.